The number of benzene rings is 1. The highest BCUT2D eigenvalue weighted by Gasteiger charge is 1.95. The molecule has 0 aromatic heterocycles. The van der Waals surface area contributed by atoms with Gasteiger partial charge in [0, 0.05) is 11.5 Å². The first-order chi connectivity index (χ1) is 6.61. The topological polar surface area (TPSA) is 29.5 Å². The van der Waals surface area contributed by atoms with Crippen LogP contribution in [0.2, 0.25) is 10.0 Å². The quantitative estimate of drug-likeness (QED) is 0.651. The number of phenols is 1. The Hall–Kier alpha value is 0.290. The van der Waals surface area contributed by atoms with Gasteiger partial charge in [0.15, 0.2) is 0 Å². The Morgan fingerprint density at radius 1 is 1.36 bits per heavy atom. The standard InChI is InChI=1S/C6H4Cl2O.C3H7IO/c7-5-2-1-4(9)3-6(5)8;1-5-3-2-4/h1-3,9H;2-3H2,1H3. The summed E-state index contributed by atoms with van der Waals surface area (Å²) in [5.74, 6) is 0.129. The van der Waals surface area contributed by atoms with Gasteiger partial charge in [-0.3, -0.25) is 0 Å². The Labute approximate surface area is 107 Å². The summed E-state index contributed by atoms with van der Waals surface area (Å²) in [4.78, 5) is 0. The summed E-state index contributed by atoms with van der Waals surface area (Å²) in [6.45, 7) is 0.876. The number of phenolic OH excluding ortho intramolecular Hbond substituents is 1. The van der Waals surface area contributed by atoms with Gasteiger partial charge in [0.25, 0.3) is 0 Å². The van der Waals surface area contributed by atoms with Gasteiger partial charge >= 0.3 is 0 Å². The number of ether oxygens (including phenoxy) is 1. The van der Waals surface area contributed by atoms with Crippen molar-refractivity contribution in [1.29, 1.82) is 0 Å². The van der Waals surface area contributed by atoms with Crippen molar-refractivity contribution < 1.29 is 9.84 Å². The van der Waals surface area contributed by atoms with Crippen molar-refractivity contribution in [2.75, 3.05) is 18.1 Å². The third-order valence-corrected chi connectivity index (χ3v) is 2.36. The van der Waals surface area contributed by atoms with Crippen LogP contribution in [-0.4, -0.2) is 23.3 Å². The van der Waals surface area contributed by atoms with Crippen molar-refractivity contribution in [3.05, 3.63) is 28.2 Å². The van der Waals surface area contributed by atoms with Gasteiger partial charge in [-0.15, -0.1) is 0 Å². The van der Waals surface area contributed by atoms with Gasteiger partial charge in [0.1, 0.15) is 5.75 Å². The first-order valence-electron chi connectivity index (χ1n) is 3.80. The monoisotopic (exact) mass is 348 g/mol. The molecule has 0 aliphatic heterocycles. The maximum atomic E-state index is 8.79. The van der Waals surface area contributed by atoms with Gasteiger partial charge in [0.05, 0.1) is 16.7 Å². The lowest BCUT2D eigenvalue weighted by atomic mass is 10.3. The fourth-order valence-corrected chi connectivity index (χ4v) is 1.29. The Morgan fingerprint density at radius 2 is 2.00 bits per heavy atom. The number of hydrogen-bond acceptors (Lipinski definition) is 2. The molecule has 0 aliphatic rings. The van der Waals surface area contributed by atoms with Crippen LogP contribution in [0, 0.1) is 0 Å². The van der Waals surface area contributed by atoms with E-state index in [1.807, 2.05) is 0 Å². The predicted octanol–water partition coefficient (Wildman–Crippen LogP) is 3.77. The minimum Gasteiger partial charge on any atom is -0.508 e. The van der Waals surface area contributed by atoms with Gasteiger partial charge in [-0.25, -0.2) is 0 Å². The third-order valence-electron chi connectivity index (χ3n) is 1.18. The smallest absolute Gasteiger partial charge is 0.117 e. The molecule has 0 saturated heterocycles. The highest BCUT2D eigenvalue weighted by atomic mass is 127. The summed E-state index contributed by atoms with van der Waals surface area (Å²) in [5.41, 5.74) is 0. The minimum atomic E-state index is 0.129. The van der Waals surface area contributed by atoms with Gasteiger partial charge in [-0.2, -0.15) is 0 Å². The molecule has 0 radical (unpaired) electrons. The fourth-order valence-electron chi connectivity index (χ4n) is 0.562. The number of alkyl halides is 1. The normalized spacial score (nSPS) is 9.14. The average molecular weight is 349 g/mol. The van der Waals surface area contributed by atoms with E-state index in [2.05, 4.69) is 27.3 Å². The zero-order valence-corrected chi connectivity index (χ0v) is 11.3. The molecule has 1 aromatic carbocycles. The lowest BCUT2D eigenvalue weighted by molar-refractivity contribution is 0.220. The van der Waals surface area contributed by atoms with Crippen molar-refractivity contribution in [3.63, 3.8) is 0 Å². The van der Waals surface area contributed by atoms with Crippen molar-refractivity contribution in [1.82, 2.24) is 0 Å². The summed E-state index contributed by atoms with van der Waals surface area (Å²) in [6.07, 6.45) is 0. The van der Waals surface area contributed by atoms with Crippen LogP contribution in [0.25, 0.3) is 0 Å². The molecule has 80 valence electrons. The average Bonchev–Trinajstić information content (AvgIpc) is 2.14. The lowest BCUT2D eigenvalue weighted by Gasteiger charge is -1.93. The fraction of sp³-hybridized carbons (Fsp3) is 0.333. The molecule has 0 amide bonds. The van der Waals surface area contributed by atoms with Crippen molar-refractivity contribution >= 4 is 45.8 Å². The van der Waals surface area contributed by atoms with Gasteiger partial charge in [-0.1, -0.05) is 45.8 Å². The molecule has 0 spiro atoms. The van der Waals surface area contributed by atoms with Crippen LogP contribution < -0.4 is 0 Å². The van der Waals surface area contributed by atoms with Crippen LogP contribution in [0.1, 0.15) is 0 Å². The molecule has 1 aromatic rings. The molecule has 0 aliphatic carbocycles. The molecular weight excluding hydrogens is 338 g/mol. The van der Waals surface area contributed by atoms with E-state index in [4.69, 9.17) is 28.3 Å². The second-order valence-corrected chi connectivity index (χ2v) is 4.17. The Morgan fingerprint density at radius 3 is 2.29 bits per heavy atom. The van der Waals surface area contributed by atoms with E-state index in [-0.39, 0.29) is 5.75 Å². The highest BCUT2D eigenvalue weighted by Crippen LogP contribution is 2.24. The van der Waals surface area contributed by atoms with Crippen molar-refractivity contribution in [2.24, 2.45) is 0 Å². The Balaban J connectivity index is 0.000000292. The second kappa shape index (κ2) is 8.59. The lowest BCUT2D eigenvalue weighted by Crippen LogP contribution is -1.84. The molecule has 0 heterocycles. The zero-order chi connectivity index (χ0) is 11.0. The summed E-state index contributed by atoms with van der Waals surface area (Å²) in [6, 6.07) is 4.41. The van der Waals surface area contributed by atoms with Crippen molar-refractivity contribution in [2.45, 2.75) is 0 Å². The molecule has 5 heteroatoms. The third kappa shape index (κ3) is 6.70. The van der Waals surface area contributed by atoms with E-state index >= 15 is 0 Å². The number of hydrogen-bond donors (Lipinski definition) is 1. The summed E-state index contributed by atoms with van der Waals surface area (Å²) in [7, 11) is 1.71. The van der Waals surface area contributed by atoms with Gasteiger partial charge < -0.3 is 9.84 Å². The Kier molecular flexibility index (Phi) is 8.76. The van der Waals surface area contributed by atoms with E-state index in [0.717, 1.165) is 11.0 Å². The molecule has 0 bridgehead atoms. The highest BCUT2D eigenvalue weighted by molar-refractivity contribution is 14.1. The van der Waals surface area contributed by atoms with Crippen LogP contribution >= 0.6 is 45.8 Å². The minimum absolute atomic E-state index is 0.129. The van der Waals surface area contributed by atoms with E-state index in [0.29, 0.717) is 10.0 Å². The first kappa shape index (κ1) is 14.3. The largest absolute Gasteiger partial charge is 0.508 e. The van der Waals surface area contributed by atoms with E-state index < -0.39 is 0 Å². The van der Waals surface area contributed by atoms with Gasteiger partial charge in [-0.05, 0) is 18.2 Å². The van der Waals surface area contributed by atoms with Crippen LogP contribution in [0.3, 0.4) is 0 Å². The number of halogens is 3. The number of methoxy groups -OCH3 is 1. The van der Waals surface area contributed by atoms with E-state index in [1.54, 1.807) is 13.2 Å². The van der Waals surface area contributed by atoms with Crippen LogP contribution in [0.5, 0.6) is 5.75 Å². The zero-order valence-electron chi connectivity index (χ0n) is 7.64. The maximum absolute atomic E-state index is 8.79. The predicted molar refractivity (Wildman–Crippen MR) is 68.9 cm³/mol. The SMILES string of the molecule is COCCI.Oc1ccc(Cl)c(Cl)c1. The van der Waals surface area contributed by atoms with E-state index in [1.165, 1.54) is 12.1 Å². The molecular formula is C9H11Cl2IO2. The molecule has 0 unspecified atom stereocenters. The maximum Gasteiger partial charge on any atom is 0.117 e. The molecule has 2 nitrogen and oxygen atoms in total. The van der Waals surface area contributed by atoms with Crippen LogP contribution in [0.15, 0.2) is 18.2 Å². The molecule has 0 atom stereocenters. The summed E-state index contributed by atoms with van der Waals surface area (Å²) >= 11 is 13.3. The van der Waals surface area contributed by atoms with Crippen LogP contribution in [-0.2, 0) is 4.74 Å². The molecule has 1 N–H and O–H groups in total. The summed E-state index contributed by atoms with van der Waals surface area (Å²) < 4.78 is 5.78. The number of aromatic hydroxyl groups is 1. The number of rotatable bonds is 2. The van der Waals surface area contributed by atoms with Gasteiger partial charge in [0.2, 0.25) is 0 Å². The second-order valence-electron chi connectivity index (χ2n) is 2.28. The molecule has 1 rings (SSSR count). The van der Waals surface area contributed by atoms with Crippen molar-refractivity contribution in [3.8, 4) is 5.75 Å². The van der Waals surface area contributed by atoms with Crippen LogP contribution in [0.4, 0.5) is 0 Å². The molecule has 0 saturated carbocycles. The summed E-state index contributed by atoms with van der Waals surface area (Å²) in [5, 5.41) is 9.62. The Bertz CT molecular complexity index is 267. The van der Waals surface area contributed by atoms with E-state index in [9.17, 15) is 0 Å². The molecule has 0 fully saturated rings. The first-order valence-corrected chi connectivity index (χ1v) is 6.09. The molecule has 14 heavy (non-hydrogen) atoms.